The number of amides is 2. The van der Waals surface area contributed by atoms with Crippen LogP contribution in [0, 0.1) is 0 Å². The van der Waals surface area contributed by atoms with Gasteiger partial charge in [0.15, 0.2) is 5.76 Å². The largest absolute Gasteiger partial charge is 0.459 e. The molecule has 0 aliphatic heterocycles. The van der Waals surface area contributed by atoms with Crippen molar-refractivity contribution in [2.75, 3.05) is 12.4 Å². The van der Waals surface area contributed by atoms with Gasteiger partial charge in [0.25, 0.3) is 11.8 Å². The lowest BCUT2D eigenvalue weighted by Gasteiger charge is -2.23. The summed E-state index contributed by atoms with van der Waals surface area (Å²) >= 11 is 1.59. The molecule has 29 heavy (non-hydrogen) atoms. The second kappa shape index (κ2) is 7.89. The van der Waals surface area contributed by atoms with Gasteiger partial charge in [-0.2, -0.15) is 0 Å². The van der Waals surface area contributed by atoms with Crippen LogP contribution in [-0.4, -0.2) is 28.7 Å². The second-order valence-electron chi connectivity index (χ2n) is 6.62. The Hall–Kier alpha value is -3.45. The van der Waals surface area contributed by atoms with E-state index in [0.29, 0.717) is 11.3 Å². The topological polar surface area (TPSA) is 75.4 Å². The van der Waals surface area contributed by atoms with Crippen molar-refractivity contribution < 1.29 is 14.0 Å². The maximum Gasteiger partial charge on any atom is 0.291 e. The van der Waals surface area contributed by atoms with Gasteiger partial charge in [0, 0.05) is 18.3 Å². The molecule has 0 aliphatic rings. The minimum atomic E-state index is -0.337. The van der Waals surface area contributed by atoms with Gasteiger partial charge < -0.3 is 14.6 Å². The summed E-state index contributed by atoms with van der Waals surface area (Å²) in [6, 6.07) is 17.8. The zero-order valence-corrected chi connectivity index (χ0v) is 16.8. The maximum absolute atomic E-state index is 12.9. The third-order valence-electron chi connectivity index (χ3n) is 4.70. The summed E-state index contributed by atoms with van der Waals surface area (Å²) in [5.74, 6) is -0.217. The molecule has 0 fully saturated rings. The predicted molar refractivity (Wildman–Crippen MR) is 113 cm³/mol. The molecule has 0 unspecified atom stereocenters. The lowest BCUT2D eigenvalue weighted by molar-refractivity contribution is 0.0742. The van der Waals surface area contributed by atoms with Crippen LogP contribution in [0.3, 0.4) is 0 Å². The van der Waals surface area contributed by atoms with Crippen molar-refractivity contribution in [2.45, 2.75) is 13.0 Å². The predicted octanol–water partition coefficient (Wildman–Crippen LogP) is 4.97. The number of fused-ring (bicyclic) bond motifs is 1. The minimum absolute atomic E-state index is 0.110. The molecule has 2 heterocycles. The van der Waals surface area contributed by atoms with Crippen molar-refractivity contribution >= 4 is 39.1 Å². The molecule has 0 radical (unpaired) electrons. The molecule has 4 aromatic rings. The molecule has 7 heteroatoms. The van der Waals surface area contributed by atoms with Crippen LogP contribution in [0.1, 0.15) is 38.9 Å². The molecule has 0 aliphatic carbocycles. The number of rotatable bonds is 5. The molecule has 0 bridgehead atoms. The van der Waals surface area contributed by atoms with Crippen LogP contribution in [-0.2, 0) is 0 Å². The van der Waals surface area contributed by atoms with E-state index >= 15 is 0 Å². The summed E-state index contributed by atoms with van der Waals surface area (Å²) in [5, 5.41) is 3.63. The van der Waals surface area contributed by atoms with E-state index in [0.717, 1.165) is 15.2 Å². The first-order valence-corrected chi connectivity index (χ1v) is 9.92. The Balaban J connectivity index is 1.46. The van der Waals surface area contributed by atoms with Crippen molar-refractivity contribution in [3.05, 3.63) is 83.3 Å². The Bertz CT molecular complexity index is 1120. The Morgan fingerprint density at radius 1 is 1.07 bits per heavy atom. The zero-order chi connectivity index (χ0) is 20.4. The average molecular weight is 405 g/mol. The Labute approximate surface area is 171 Å². The van der Waals surface area contributed by atoms with E-state index in [4.69, 9.17) is 4.42 Å². The van der Waals surface area contributed by atoms with Crippen LogP contribution in [0.4, 0.5) is 5.69 Å². The Morgan fingerprint density at radius 3 is 2.52 bits per heavy atom. The number of hydrogen-bond donors (Lipinski definition) is 1. The number of para-hydroxylation sites is 1. The van der Waals surface area contributed by atoms with Gasteiger partial charge in [0.1, 0.15) is 5.01 Å². The molecule has 4 rings (SSSR count). The summed E-state index contributed by atoms with van der Waals surface area (Å²) in [4.78, 5) is 31.3. The molecular weight excluding hydrogens is 386 g/mol. The number of furan rings is 1. The van der Waals surface area contributed by atoms with Gasteiger partial charge in [-0.3, -0.25) is 9.59 Å². The normalized spacial score (nSPS) is 11.9. The number of carbonyl (C=O) groups excluding carboxylic acids is 2. The van der Waals surface area contributed by atoms with E-state index < -0.39 is 0 Å². The van der Waals surface area contributed by atoms with Gasteiger partial charge in [-0.1, -0.05) is 12.1 Å². The highest BCUT2D eigenvalue weighted by molar-refractivity contribution is 7.18. The van der Waals surface area contributed by atoms with Crippen molar-refractivity contribution in [2.24, 2.45) is 0 Å². The molecule has 0 saturated heterocycles. The van der Waals surface area contributed by atoms with Gasteiger partial charge in [-0.25, -0.2) is 4.98 Å². The van der Waals surface area contributed by atoms with Crippen molar-refractivity contribution in [3.63, 3.8) is 0 Å². The number of nitrogens with zero attached hydrogens (tertiary/aromatic N) is 2. The van der Waals surface area contributed by atoms with Gasteiger partial charge in [0.05, 0.1) is 22.5 Å². The van der Waals surface area contributed by atoms with Crippen molar-refractivity contribution in [1.29, 1.82) is 0 Å². The molecule has 146 valence electrons. The number of carbonyl (C=O) groups is 2. The quantitative estimate of drug-likeness (QED) is 0.508. The molecule has 2 amide bonds. The van der Waals surface area contributed by atoms with Crippen LogP contribution in [0.15, 0.2) is 71.3 Å². The van der Waals surface area contributed by atoms with E-state index in [1.165, 1.54) is 6.26 Å². The lowest BCUT2D eigenvalue weighted by atomic mass is 10.1. The van der Waals surface area contributed by atoms with E-state index in [1.807, 2.05) is 31.2 Å². The fourth-order valence-electron chi connectivity index (χ4n) is 2.91. The minimum Gasteiger partial charge on any atom is -0.459 e. The number of thiazole rings is 1. The third-order valence-corrected chi connectivity index (χ3v) is 5.91. The number of aromatic nitrogens is 1. The fraction of sp³-hybridized carbons (Fsp3) is 0.136. The molecule has 0 spiro atoms. The first-order chi connectivity index (χ1) is 14.0. The number of benzene rings is 2. The Morgan fingerprint density at radius 2 is 1.83 bits per heavy atom. The number of anilines is 1. The first kappa shape index (κ1) is 18.9. The van der Waals surface area contributed by atoms with Crippen molar-refractivity contribution in [1.82, 2.24) is 9.88 Å². The van der Waals surface area contributed by atoms with E-state index in [9.17, 15) is 9.59 Å². The smallest absolute Gasteiger partial charge is 0.291 e. The molecule has 6 nitrogen and oxygen atoms in total. The van der Waals surface area contributed by atoms with Crippen LogP contribution in [0.2, 0.25) is 0 Å². The van der Waals surface area contributed by atoms with Crippen LogP contribution >= 0.6 is 11.3 Å². The number of nitrogens with one attached hydrogen (secondary N) is 1. The first-order valence-electron chi connectivity index (χ1n) is 9.10. The SMILES string of the molecule is C[C@@H](c1nc2ccccc2s1)N(C)C(=O)c1ccc(NC(=O)c2ccco2)cc1. The maximum atomic E-state index is 12.9. The zero-order valence-electron chi connectivity index (χ0n) is 16.0. The van der Waals surface area contributed by atoms with E-state index in [2.05, 4.69) is 10.3 Å². The van der Waals surface area contributed by atoms with Crippen LogP contribution < -0.4 is 5.32 Å². The summed E-state index contributed by atoms with van der Waals surface area (Å²) < 4.78 is 6.18. The molecular formula is C22H19N3O3S. The van der Waals surface area contributed by atoms with Gasteiger partial charge >= 0.3 is 0 Å². The summed E-state index contributed by atoms with van der Waals surface area (Å²) in [6.07, 6.45) is 1.44. The fourth-order valence-corrected chi connectivity index (χ4v) is 3.97. The van der Waals surface area contributed by atoms with Gasteiger partial charge in [-0.15, -0.1) is 11.3 Å². The number of hydrogen-bond acceptors (Lipinski definition) is 5. The van der Waals surface area contributed by atoms with Gasteiger partial charge in [0.2, 0.25) is 0 Å². The Kier molecular flexibility index (Phi) is 5.14. The highest BCUT2D eigenvalue weighted by atomic mass is 32.1. The van der Waals surface area contributed by atoms with Crippen LogP contribution in [0.25, 0.3) is 10.2 Å². The molecule has 2 aromatic carbocycles. The molecule has 1 N–H and O–H groups in total. The van der Waals surface area contributed by atoms with E-state index in [1.54, 1.807) is 59.7 Å². The third kappa shape index (κ3) is 3.90. The average Bonchev–Trinajstić information content (AvgIpc) is 3.42. The van der Waals surface area contributed by atoms with E-state index in [-0.39, 0.29) is 23.6 Å². The monoisotopic (exact) mass is 405 g/mol. The highest BCUT2D eigenvalue weighted by Gasteiger charge is 2.22. The van der Waals surface area contributed by atoms with Gasteiger partial charge in [-0.05, 0) is 55.5 Å². The molecule has 1 atom stereocenters. The summed E-state index contributed by atoms with van der Waals surface area (Å²) in [5.41, 5.74) is 2.07. The standard InChI is InChI=1S/C22H19N3O3S/c1-14(21-24-17-6-3-4-8-19(17)29-21)25(2)22(27)15-9-11-16(12-10-15)23-20(26)18-7-5-13-28-18/h3-14H,1-2H3,(H,23,26)/t14-/m0/s1. The second-order valence-corrected chi connectivity index (χ2v) is 7.68. The highest BCUT2D eigenvalue weighted by Crippen LogP contribution is 2.29. The molecule has 0 saturated carbocycles. The summed E-state index contributed by atoms with van der Waals surface area (Å²) in [6.45, 7) is 1.97. The lowest BCUT2D eigenvalue weighted by Crippen LogP contribution is -2.29. The van der Waals surface area contributed by atoms with Crippen LogP contribution in [0.5, 0.6) is 0 Å². The summed E-state index contributed by atoms with van der Waals surface area (Å²) in [7, 11) is 1.77. The molecule has 2 aromatic heterocycles. The van der Waals surface area contributed by atoms with Crippen molar-refractivity contribution in [3.8, 4) is 0 Å².